The first-order chi connectivity index (χ1) is 11.9. The second kappa shape index (κ2) is 8.58. The Morgan fingerprint density at radius 2 is 1.96 bits per heavy atom. The summed E-state index contributed by atoms with van der Waals surface area (Å²) >= 11 is 0. The van der Waals surface area contributed by atoms with E-state index >= 15 is 0 Å². The van der Waals surface area contributed by atoms with E-state index in [0.717, 1.165) is 5.56 Å². The number of aliphatic hydroxyl groups excluding tert-OH is 1. The maximum atomic E-state index is 12.1. The van der Waals surface area contributed by atoms with Gasteiger partial charge in [0.15, 0.2) is 0 Å². The first-order valence-electron chi connectivity index (χ1n) is 8.45. The summed E-state index contributed by atoms with van der Waals surface area (Å²) in [6, 6.07) is 9.19. The quantitative estimate of drug-likeness (QED) is 0.716. The smallest absolute Gasteiger partial charge is 0.254 e. The van der Waals surface area contributed by atoms with Gasteiger partial charge in [0.25, 0.3) is 5.56 Å². The number of rotatable bonds is 7. The molecule has 25 heavy (non-hydrogen) atoms. The molecule has 0 fully saturated rings. The third-order valence-corrected chi connectivity index (χ3v) is 4.11. The maximum Gasteiger partial charge on any atom is 0.254 e. The summed E-state index contributed by atoms with van der Waals surface area (Å²) in [5, 5.41) is 13.1. The molecule has 134 valence electrons. The Bertz CT molecular complexity index is 771. The average Bonchev–Trinajstić information content (AvgIpc) is 2.54. The molecule has 2 rings (SSSR count). The van der Waals surface area contributed by atoms with Crippen LogP contribution in [0.15, 0.2) is 35.1 Å². The summed E-state index contributed by atoms with van der Waals surface area (Å²) in [7, 11) is 0. The molecule has 0 saturated heterocycles. The van der Waals surface area contributed by atoms with Crippen molar-refractivity contribution in [2.45, 2.75) is 52.2 Å². The molecule has 2 aromatic rings. The second-order valence-corrected chi connectivity index (χ2v) is 6.35. The van der Waals surface area contributed by atoms with Gasteiger partial charge in [-0.15, -0.1) is 0 Å². The van der Waals surface area contributed by atoms with Crippen LogP contribution in [0, 0.1) is 13.8 Å². The molecule has 1 aromatic heterocycles. The van der Waals surface area contributed by atoms with E-state index in [2.05, 4.69) is 15.3 Å². The van der Waals surface area contributed by atoms with Crippen molar-refractivity contribution in [3.63, 3.8) is 0 Å². The van der Waals surface area contributed by atoms with Crippen LogP contribution >= 0.6 is 0 Å². The number of aromatic amines is 1. The summed E-state index contributed by atoms with van der Waals surface area (Å²) in [5.41, 5.74) is 1.83. The Hall–Kier alpha value is -2.47. The van der Waals surface area contributed by atoms with Crippen LogP contribution < -0.4 is 10.9 Å². The molecule has 6 nitrogen and oxygen atoms in total. The molecular formula is C19H25N3O3. The zero-order chi connectivity index (χ0) is 18.4. The predicted octanol–water partition coefficient (Wildman–Crippen LogP) is 1.95. The SMILES string of the molecule is Cc1nc(C)c(CCC(=O)NC(C)CC(O)c2ccccc2)c(=O)[nH]1. The van der Waals surface area contributed by atoms with Gasteiger partial charge in [0, 0.05) is 23.7 Å². The van der Waals surface area contributed by atoms with E-state index in [1.54, 1.807) is 13.8 Å². The number of hydrogen-bond acceptors (Lipinski definition) is 4. The number of nitrogens with zero attached hydrogens (tertiary/aromatic N) is 1. The fraction of sp³-hybridized carbons (Fsp3) is 0.421. The van der Waals surface area contributed by atoms with Crippen LogP contribution in [0.1, 0.15) is 48.5 Å². The van der Waals surface area contributed by atoms with Crippen molar-refractivity contribution in [2.24, 2.45) is 0 Å². The number of aryl methyl sites for hydroxylation is 2. The Labute approximate surface area is 147 Å². The maximum absolute atomic E-state index is 12.1. The first-order valence-corrected chi connectivity index (χ1v) is 8.45. The number of hydrogen-bond donors (Lipinski definition) is 3. The van der Waals surface area contributed by atoms with Crippen LogP contribution in [0.3, 0.4) is 0 Å². The van der Waals surface area contributed by atoms with Gasteiger partial charge in [0.2, 0.25) is 5.91 Å². The molecular weight excluding hydrogens is 318 g/mol. The minimum atomic E-state index is -0.622. The van der Waals surface area contributed by atoms with Gasteiger partial charge in [0.05, 0.1) is 6.10 Å². The summed E-state index contributed by atoms with van der Waals surface area (Å²) < 4.78 is 0. The molecule has 0 saturated carbocycles. The molecule has 2 unspecified atom stereocenters. The van der Waals surface area contributed by atoms with Gasteiger partial charge >= 0.3 is 0 Å². The topological polar surface area (TPSA) is 95.1 Å². The molecule has 0 radical (unpaired) electrons. The molecule has 6 heteroatoms. The molecule has 1 aromatic carbocycles. The number of benzene rings is 1. The van der Waals surface area contributed by atoms with E-state index in [1.807, 2.05) is 37.3 Å². The van der Waals surface area contributed by atoms with Crippen molar-refractivity contribution in [3.8, 4) is 0 Å². The summed E-state index contributed by atoms with van der Waals surface area (Å²) in [6.45, 7) is 5.36. The minimum Gasteiger partial charge on any atom is -0.388 e. The number of carbonyl (C=O) groups excluding carboxylic acids is 1. The highest BCUT2D eigenvalue weighted by Gasteiger charge is 2.15. The van der Waals surface area contributed by atoms with Gasteiger partial charge < -0.3 is 15.4 Å². The molecule has 1 amide bonds. The minimum absolute atomic E-state index is 0.146. The van der Waals surface area contributed by atoms with Crippen LogP contribution in [0.4, 0.5) is 0 Å². The zero-order valence-electron chi connectivity index (χ0n) is 14.9. The molecule has 0 spiro atoms. The van der Waals surface area contributed by atoms with Crippen LogP contribution in [0.2, 0.25) is 0 Å². The Morgan fingerprint density at radius 3 is 2.60 bits per heavy atom. The highest BCUT2D eigenvalue weighted by molar-refractivity contribution is 5.76. The van der Waals surface area contributed by atoms with Gasteiger partial charge in [0.1, 0.15) is 5.82 Å². The lowest BCUT2D eigenvalue weighted by Crippen LogP contribution is -2.34. The summed E-state index contributed by atoms with van der Waals surface area (Å²) in [6.07, 6.45) is 0.360. The number of H-pyrrole nitrogens is 1. The normalized spacial score (nSPS) is 13.3. The van der Waals surface area contributed by atoms with Crippen LogP contribution in [-0.2, 0) is 11.2 Å². The molecule has 0 aliphatic heterocycles. The predicted molar refractivity (Wildman–Crippen MR) is 96.3 cm³/mol. The van der Waals surface area contributed by atoms with Crippen LogP contribution in [0.5, 0.6) is 0 Å². The molecule has 0 aliphatic carbocycles. The number of nitrogens with one attached hydrogen (secondary N) is 2. The number of aliphatic hydroxyl groups is 1. The van der Waals surface area contributed by atoms with E-state index < -0.39 is 6.10 Å². The lowest BCUT2D eigenvalue weighted by molar-refractivity contribution is -0.121. The third-order valence-electron chi connectivity index (χ3n) is 4.11. The van der Waals surface area contributed by atoms with Crippen molar-refractivity contribution < 1.29 is 9.90 Å². The van der Waals surface area contributed by atoms with Crippen molar-refractivity contribution in [1.82, 2.24) is 15.3 Å². The molecule has 1 heterocycles. The van der Waals surface area contributed by atoms with Crippen LogP contribution in [-0.4, -0.2) is 27.0 Å². The van der Waals surface area contributed by atoms with E-state index in [-0.39, 0.29) is 23.9 Å². The number of aromatic nitrogens is 2. The van der Waals surface area contributed by atoms with Gasteiger partial charge in [-0.1, -0.05) is 30.3 Å². The Kier molecular flexibility index (Phi) is 6.47. The largest absolute Gasteiger partial charge is 0.388 e. The Balaban J connectivity index is 1.85. The number of amides is 1. The lowest BCUT2D eigenvalue weighted by atomic mass is 10.0. The van der Waals surface area contributed by atoms with E-state index in [1.165, 1.54) is 0 Å². The molecule has 0 aliphatic rings. The van der Waals surface area contributed by atoms with Crippen LogP contribution in [0.25, 0.3) is 0 Å². The summed E-state index contributed by atoms with van der Waals surface area (Å²) in [4.78, 5) is 30.9. The Morgan fingerprint density at radius 1 is 1.28 bits per heavy atom. The van der Waals surface area contributed by atoms with Crippen molar-refractivity contribution in [2.75, 3.05) is 0 Å². The molecule has 0 bridgehead atoms. The van der Waals surface area contributed by atoms with Crippen molar-refractivity contribution in [1.29, 1.82) is 0 Å². The highest BCUT2D eigenvalue weighted by atomic mass is 16.3. The van der Waals surface area contributed by atoms with Crippen molar-refractivity contribution in [3.05, 3.63) is 63.3 Å². The average molecular weight is 343 g/mol. The fourth-order valence-electron chi connectivity index (χ4n) is 2.84. The fourth-order valence-corrected chi connectivity index (χ4v) is 2.84. The zero-order valence-corrected chi connectivity index (χ0v) is 14.9. The molecule has 3 N–H and O–H groups in total. The van der Waals surface area contributed by atoms with Crippen molar-refractivity contribution >= 4 is 5.91 Å². The van der Waals surface area contributed by atoms with E-state index in [9.17, 15) is 14.7 Å². The number of carbonyl (C=O) groups is 1. The highest BCUT2D eigenvalue weighted by Crippen LogP contribution is 2.17. The van der Waals surface area contributed by atoms with E-state index in [4.69, 9.17) is 0 Å². The molecule has 2 atom stereocenters. The van der Waals surface area contributed by atoms with Gasteiger partial charge in [-0.05, 0) is 39.2 Å². The van der Waals surface area contributed by atoms with E-state index in [0.29, 0.717) is 29.9 Å². The van der Waals surface area contributed by atoms with Gasteiger partial charge in [-0.3, -0.25) is 9.59 Å². The van der Waals surface area contributed by atoms with Gasteiger partial charge in [-0.25, -0.2) is 4.98 Å². The monoisotopic (exact) mass is 343 g/mol. The lowest BCUT2D eigenvalue weighted by Gasteiger charge is -2.18. The second-order valence-electron chi connectivity index (χ2n) is 6.35. The summed E-state index contributed by atoms with van der Waals surface area (Å²) in [5.74, 6) is 0.423. The standard InChI is InChI=1S/C19H25N3O3/c1-12(11-17(23)15-7-5-4-6-8-15)20-18(24)10-9-16-13(2)21-14(3)22-19(16)25/h4-8,12,17,23H,9-11H2,1-3H3,(H,20,24)(H,21,22,25). The first kappa shape index (κ1) is 18.9. The van der Waals surface area contributed by atoms with Gasteiger partial charge in [-0.2, -0.15) is 0 Å². The third kappa shape index (κ3) is 5.53.